The Labute approximate surface area is 173 Å². The molecule has 5 nitrogen and oxygen atoms in total. The molecule has 6 heteroatoms. The molecular formula is C23H34FN3O2. The number of piperidine rings is 2. The minimum atomic E-state index is -0.284. The minimum absolute atomic E-state index is 0.0875. The van der Waals surface area contributed by atoms with Crippen molar-refractivity contribution in [3.05, 3.63) is 30.1 Å². The molecule has 0 atom stereocenters. The average Bonchev–Trinajstić information content (AvgIpc) is 2.77. The number of nitrogens with zero attached hydrogens (tertiary/aromatic N) is 2. The summed E-state index contributed by atoms with van der Waals surface area (Å²) < 4.78 is 19.7. The second kappa shape index (κ2) is 9.79. The molecule has 160 valence electrons. The van der Waals surface area contributed by atoms with Gasteiger partial charge in [-0.1, -0.05) is 31.4 Å². The van der Waals surface area contributed by atoms with Gasteiger partial charge in [-0.15, -0.1) is 0 Å². The van der Waals surface area contributed by atoms with E-state index < -0.39 is 0 Å². The number of hydrogen-bond acceptors (Lipinski definition) is 3. The van der Waals surface area contributed by atoms with E-state index in [0.29, 0.717) is 17.8 Å². The number of ether oxygens (including phenoxy) is 1. The number of benzene rings is 1. The maximum absolute atomic E-state index is 13.8. The molecular weight excluding hydrogens is 369 g/mol. The molecule has 2 amide bonds. The van der Waals surface area contributed by atoms with Crippen LogP contribution < -0.4 is 10.1 Å². The lowest BCUT2D eigenvalue weighted by atomic mass is 9.95. The number of carbonyl (C=O) groups excluding carboxylic acids is 1. The van der Waals surface area contributed by atoms with Crippen molar-refractivity contribution < 1.29 is 13.9 Å². The third-order valence-corrected chi connectivity index (χ3v) is 6.81. The van der Waals surface area contributed by atoms with E-state index in [1.165, 1.54) is 25.3 Å². The van der Waals surface area contributed by atoms with Gasteiger partial charge in [-0.3, -0.25) is 4.90 Å². The molecule has 0 bridgehead atoms. The van der Waals surface area contributed by atoms with E-state index >= 15 is 0 Å². The molecule has 1 aliphatic carbocycles. The fraction of sp³-hybridized carbons (Fsp3) is 0.696. The van der Waals surface area contributed by atoms with E-state index in [1.807, 2.05) is 11.0 Å². The summed E-state index contributed by atoms with van der Waals surface area (Å²) in [6.45, 7) is 3.65. The van der Waals surface area contributed by atoms with Crippen LogP contribution in [0.4, 0.5) is 9.18 Å². The number of hydrogen-bond donors (Lipinski definition) is 1. The molecule has 1 aromatic carbocycles. The Morgan fingerprint density at radius 1 is 0.931 bits per heavy atom. The number of nitrogens with one attached hydrogen (secondary N) is 1. The summed E-state index contributed by atoms with van der Waals surface area (Å²) in [6.07, 6.45) is 10.1. The molecule has 3 aliphatic rings. The summed E-state index contributed by atoms with van der Waals surface area (Å²) in [7, 11) is 0. The summed E-state index contributed by atoms with van der Waals surface area (Å²) in [4.78, 5) is 17.1. The van der Waals surface area contributed by atoms with E-state index in [-0.39, 0.29) is 18.0 Å². The first-order chi connectivity index (χ1) is 14.2. The van der Waals surface area contributed by atoms with Crippen molar-refractivity contribution in [1.82, 2.24) is 15.1 Å². The smallest absolute Gasteiger partial charge is 0.317 e. The van der Waals surface area contributed by atoms with Gasteiger partial charge in [0.2, 0.25) is 0 Å². The average molecular weight is 404 g/mol. The monoisotopic (exact) mass is 403 g/mol. The van der Waals surface area contributed by atoms with Gasteiger partial charge < -0.3 is 15.0 Å². The fourth-order valence-corrected chi connectivity index (χ4v) is 5.03. The van der Waals surface area contributed by atoms with Crippen LogP contribution in [-0.2, 0) is 0 Å². The van der Waals surface area contributed by atoms with Crippen LogP contribution in [0.3, 0.4) is 0 Å². The van der Waals surface area contributed by atoms with Crippen LogP contribution in [0.5, 0.6) is 5.75 Å². The Bertz CT molecular complexity index is 664. The zero-order valence-electron chi connectivity index (χ0n) is 17.3. The lowest BCUT2D eigenvalue weighted by molar-refractivity contribution is 0.0517. The number of likely N-dealkylation sites (tertiary alicyclic amines) is 2. The second-order valence-electron chi connectivity index (χ2n) is 8.79. The molecule has 1 aromatic rings. The number of urea groups is 1. The van der Waals surface area contributed by atoms with Gasteiger partial charge in [0.15, 0.2) is 11.6 Å². The predicted octanol–water partition coefficient (Wildman–Crippen LogP) is 4.18. The number of rotatable bonds is 4. The predicted molar refractivity (Wildman–Crippen MR) is 112 cm³/mol. The molecule has 0 spiro atoms. The zero-order chi connectivity index (χ0) is 20.1. The summed E-state index contributed by atoms with van der Waals surface area (Å²) >= 11 is 0. The molecule has 29 heavy (non-hydrogen) atoms. The van der Waals surface area contributed by atoms with Crippen molar-refractivity contribution in [3.8, 4) is 5.75 Å². The minimum Gasteiger partial charge on any atom is -0.487 e. The van der Waals surface area contributed by atoms with Gasteiger partial charge in [-0.2, -0.15) is 0 Å². The van der Waals surface area contributed by atoms with Crippen molar-refractivity contribution in [2.75, 3.05) is 26.2 Å². The zero-order valence-corrected chi connectivity index (χ0v) is 17.3. The molecule has 3 fully saturated rings. The highest BCUT2D eigenvalue weighted by Crippen LogP contribution is 2.25. The Morgan fingerprint density at radius 3 is 2.31 bits per heavy atom. The number of amides is 2. The lowest BCUT2D eigenvalue weighted by Gasteiger charge is -2.42. The Balaban J connectivity index is 1.18. The normalized spacial score (nSPS) is 23.1. The van der Waals surface area contributed by atoms with Gasteiger partial charge >= 0.3 is 6.03 Å². The Kier molecular flexibility index (Phi) is 6.90. The highest BCUT2D eigenvalue weighted by atomic mass is 19.1. The van der Waals surface area contributed by atoms with E-state index in [9.17, 15) is 9.18 Å². The van der Waals surface area contributed by atoms with Gasteiger partial charge in [-0.05, 0) is 50.7 Å². The van der Waals surface area contributed by atoms with E-state index in [1.54, 1.807) is 12.1 Å². The Hall–Kier alpha value is -1.82. The van der Waals surface area contributed by atoms with Crippen LogP contribution in [-0.4, -0.2) is 60.2 Å². The van der Waals surface area contributed by atoms with Crippen LogP contribution in [0, 0.1) is 5.82 Å². The number of para-hydroxylation sites is 1. The number of carbonyl (C=O) groups is 1. The standard InChI is InChI=1S/C23H34FN3O2/c24-21-8-4-5-9-22(21)29-20-12-16-26(17-13-20)19-10-14-27(15-11-19)23(28)25-18-6-2-1-3-7-18/h4-5,8-9,18-20H,1-3,6-7,10-17H2,(H,25,28). The lowest BCUT2D eigenvalue weighted by Crippen LogP contribution is -2.53. The molecule has 0 radical (unpaired) electrons. The van der Waals surface area contributed by atoms with E-state index in [2.05, 4.69) is 10.2 Å². The first-order valence-electron chi connectivity index (χ1n) is 11.4. The maximum Gasteiger partial charge on any atom is 0.317 e. The van der Waals surface area contributed by atoms with Crippen molar-refractivity contribution >= 4 is 6.03 Å². The fourth-order valence-electron chi connectivity index (χ4n) is 5.03. The van der Waals surface area contributed by atoms with Crippen molar-refractivity contribution in [1.29, 1.82) is 0 Å². The first-order valence-corrected chi connectivity index (χ1v) is 11.4. The van der Waals surface area contributed by atoms with Crippen LogP contribution >= 0.6 is 0 Å². The molecule has 1 saturated carbocycles. The highest BCUT2D eigenvalue weighted by Gasteiger charge is 2.31. The maximum atomic E-state index is 13.8. The highest BCUT2D eigenvalue weighted by molar-refractivity contribution is 5.74. The van der Waals surface area contributed by atoms with E-state index in [0.717, 1.165) is 64.7 Å². The molecule has 2 aliphatic heterocycles. The topological polar surface area (TPSA) is 44.8 Å². The molecule has 1 N–H and O–H groups in total. The van der Waals surface area contributed by atoms with E-state index in [4.69, 9.17) is 4.74 Å². The SMILES string of the molecule is O=C(NC1CCCCC1)N1CCC(N2CCC(Oc3ccccc3F)CC2)CC1. The second-order valence-corrected chi connectivity index (χ2v) is 8.79. The summed E-state index contributed by atoms with van der Waals surface area (Å²) in [6, 6.07) is 7.70. The third-order valence-electron chi connectivity index (χ3n) is 6.81. The third kappa shape index (κ3) is 5.41. The van der Waals surface area contributed by atoms with Crippen molar-refractivity contribution in [2.45, 2.75) is 76.0 Å². The van der Waals surface area contributed by atoms with Crippen LogP contribution in [0.1, 0.15) is 57.8 Å². The van der Waals surface area contributed by atoms with Crippen LogP contribution in [0.15, 0.2) is 24.3 Å². The molecule has 0 unspecified atom stereocenters. The summed E-state index contributed by atoms with van der Waals surface area (Å²) in [5.41, 5.74) is 0. The summed E-state index contributed by atoms with van der Waals surface area (Å²) in [5, 5.41) is 3.24. The number of halogens is 1. The van der Waals surface area contributed by atoms with Crippen LogP contribution in [0.25, 0.3) is 0 Å². The van der Waals surface area contributed by atoms with Gasteiger partial charge in [0.25, 0.3) is 0 Å². The molecule has 2 heterocycles. The summed E-state index contributed by atoms with van der Waals surface area (Å²) in [5.74, 6) is 0.0806. The van der Waals surface area contributed by atoms with Gasteiger partial charge in [0, 0.05) is 38.3 Å². The molecule has 0 aromatic heterocycles. The first kappa shape index (κ1) is 20.5. The van der Waals surface area contributed by atoms with Crippen LogP contribution in [0.2, 0.25) is 0 Å². The Morgan fingerprint density at radius 2 is 1.62 bits per heavy atom. The van der Waals surface area contributed by atoms with Crippen molar-refractivity contribution in [3.63, 3.8) is 0 Å². The quantitative estimate of drug-likeness (QED) is 0.820. The largest absolute Gasteiger partial charge is 0.487 e. The van der Waals surface area contributed by atoms with Gasteiger partial charge in [-0.25, -0.2) is 9.18 Å². The molecule has 2 saturated heterocycles. The van der Waals surface area contributed by atoms with Gasteiger partial charge in [0.1, 0.15) is 6.10 Å². The van der Waals surface area contributed by atoms with Crippen molar-refractivity contribution in [2.24, 2.45) is 0 Å². The van der Waals surface area contributed by atoms with Gasteiger partial charge in [0.05, 0.1) is 0 Å². The molecule has 4 rings (SSSR count).